The number of anilines is 1. The maximum atomic E-state index is 12.9. The highest BCUT2D eigenvalue weighted by Crippen LogP contribution is 2.20. The molecule has 0 aliphatic heterocycles. The van der Waals surface area contributed by atoms with Crippen molar-refractivity contribution in [2.75, 3.05) is 25.6 Å². The van der Waals surface area contributed by atoms with E-state index in [9.17, 15) is 8.78 Å². The Morgan fingerprint density at radius 3 is 2.85 bits per heavy atom. The molecule has 0 amide bonds. The number of halogens is 2. The SMILES string of the molecule is COc1cc(NCCF)ccc1F. The van der Waals surface area contributed by atoms with Crippen LogP contribution in [-0.2, 0) is 0 Å². The summed E-state index contributed by atoms with van der Waals surface area (Å²) in [4.78, 5) is 0. The molecule has 0 unspecified atom stereocenters. The van der Waals surface area contributed by atoms with E-state index in [-0.39, 0.29) is 12.3 Å². The molecule has 0 aromatic heterocycles. The number of hydrogen-bond donors (Lipinski definition) is 1. The molecule has 0 saturated carbocycles. The average molecular weight is 187 g/mol. The molecular formula is C9H11F2NO. The summed E-state index contributed by atoms with van der Waals surface area (Å²) < 4.78 is 29.4. The van der Waals surface area contributed by atoms with Crippen LogP contribution in [0.3, 0.4) is 0 Å². The summed E-state index contributed by atoms with van der Waals surface area (Å²) in [7, 11) is 1.39. The first-order valence-corrected chi connectivity index (χ1v) is 3.91. The molecule has 0 fully saturated rings. The quantitative estimate of drug-likeness (QED) is 0.780. The van der Waals surface area contributed by atoms with Crippen LogP contribution in [0.2, 0.25) is 0 Å². The maximum absolute atomic E-state index is 12.9. The standard InChI is InChI=1S/C9H11F2NO/c1-13-9-6-7(12-5-4-10)2-3-8(9)11/h2-3,6,12H,4-5H2,1H3. The van der Waals surface area contributed by atoms with E-state index in [2.05, 4.69) is 5.32 Å². The zero-order valence-corrected chi connectivity index (χ0v) is 7.31. The number of nitrogens with one attached hydrogen (secondary N) is 1. The summed E-state index contributed by atoms with van der Waals surface area (Å²) >= 11 is 0. The fourth-order valence-corrected chi connectivity index (χ4v) is 0.961. The Morgan fingerprint density at radius 2 is 2.23 bits per heavy atom. The first-order valence-electron chi connectivity index (χ1n) is 3.91. The van der Waals surface area contributed by atoms with E-state index < -0.39 is 12.5 Å². The van der Waals surface area contributed by atoms with E-state index in [1.165, 1.54) is 25.3 Å². The van der Waals surface area contributed by atoms with Crippen LogP contribution < -0.4 is 10.1 Å². The van der Waals surface area contributed by atoms with Gasteiger partial charge in [-0.25, -0.2) is 8.78 Å². The van der Waals surface area contributed by atoms with Gasteiger partial charge in [-0.1, -0.05) is 0 Å². The van der Waals surface area contributed by atoms with Crippen molar-refractivity contribution < 1.29 is 13.5 Å². The van der Waals surface area contributed by atoms with Crippen LogP contribution in [0.15, 0.2) is 18.2 Å². The van der Waals surface area contributed by atoms with Gasteiger partial charge in [-0.05, 0) is 12.1 Å². The van der Waals surface area contributed by atoms with Gasteiger partial charge in [0.1, 0.15) is 6.67 Å². The van der Waals surface area contributed by atoms with Crippen molar-refractivity contribution in [2.24, 2.45) is 0 Å². The Kier molecular flexibility index (Phi) is 3.49. The first kappa shape index (κ1) is 9.77. The van der Waals surface area contributed by atoms with Crippen LogP contribution >= 0.6 is 0 Å². The summed E-state index contributed by atoms with van der Waals surface area (Å²) in [6.45, 7) is -0.242. The minimum absolute atomic E-state index is 0.156. The monoisotopic (exact) mass is 187 g/mol. The molecule has 1 aromatic carbocycles. The van der Waals surface area contributed by atoms with Crippen molar-refractivity contribution in [2.45, 2.75) is 0 Å². The number of benzene rings is 1. The van der Waals surface area contributed by atoms with Crippen molar-refractivity contribution in [3.8, 4) is 5.75 Å². The lowest BCUT2D eigenvalue weighted by atomic mass is 10.3. The van der Waals surface area contributed by atoms with E-state index in [4.69, 9.17) is 4.74 Å². The molecular weight excluding hydrogens is 176 g/mol. The summed E-state index contributed by atoms with van der Waals surface area (Å²) in [6.07, 6.45) is 0. The van der Waals surface area contributed by atoms with Crippen LogP contribution in [0, 0.1) is 5.82 Å². The lowest BCUT2D eigenvalue weighted by Crippen LogP contribution is -2.03. The van der Waals surface area contributed by atoms with E-state index in [1.54, 1.807) is 0 Å². The highest BCUT2D eigenvalue weighted by atomic mass is 19.1. The van der Waals surface area contributed by atoms with Gasteiger partial charge in [0.2, 0.25) is 0 Å². The number of methoxy groups -OCH3 is 1. The molecule has 1 N–H and O–H groups in total. The minimum Gasteiger partial charge on any atom is -0.494 e. The van der Waals surface area contributed by atoms with Gasteiger partial charge in [0, 0.05) is 18.3 Å². The Labute approximate surface area is 75.5 Å². The van der Waals surface area contributed by atoms with Crippen LogP contribution in [0.4, 0.5) is 14.5 Å². The zero-order valence-electron chi connectivity index (χ0n) is 7.31. The largest absolute Gasteiger partial charge is 0.494 e. The number of ether oxygens (including phenoxy) is 1. The lowest BCUT2D eigenvalue weighted by molar-refractivity contribution is 0.387. The van der Waals surface area contributed by atoms with E-state index in [0.29, 0.717) is 5.69 Å². The Bertz CT molecular complexity index is 278. The molecule has 4 heteroatoms. The molecule has 0 spiro atoms. The van der Waals surface area contributed by atoms with Gasteiger partial charge < -0.3 is 10.1 Å². The third-order valence-electron chi connectivity index (χ3n) is 1.57. The molecule has 0 saturated heterocycles. The highest BCUT2D eigenvalue weighted by molar-refractivity contribution is 5.48. The van der Waals surface area contributed by atoms with Gasteiger partial charge in [-0.2, -0.15) is 0 Å². The molecule has 1 aromatic rings. The molecule has 0 atom stereocenters. The predicted molar refractivity (Wildman–Crippen MR) is 47.4 cm³/mol. The second-order valence-electron chi connectivity index (χ2n) is 2.47. The van der Waals surface area contributed by atoms with Gasteiger partial charge in [0.05, 0.1) is 7.11 Å². The third kappa shape index (κ3) is 2.57. The summed E-state index contributed by atoms with van der Waals surface area (Å²) in [6, 6.07) is 4.30. The molecule has 13 heavy (non-hydrogen) atoms. The molecule has 0 heterocycles. The maximum Gasteiger partial charge on any atom is 0.165 e. The second kappa shape index (κ2) is 4.64. The average Bonchev–Trinajstić information content (AvgIpc) is 2.16. The Morgan fingerprint density at radius 1 is 1.46 bits per heavy atom. The third-order valence-corrected chi connectivity index (χ3v) is 1.57. The van der Waals surface area contributed by atoms with Crippen LogP contribution in [0.5, 0.6) is 5.75 Å². The fourth-order valence-electron chi connectivity index (χ4n) is 0.961. The summed E-state index contributed by atoms with van der Waals surface area (Å²) in [5, 5.41) is 2.77. The molecule has 2 nitrogen and oxygen atoms in total. The molecule has 0 radical (unpaired) electrons. The van der Waals surface area contributed by atoms with Gasteiger partial charge in [-0.15, -0.1) is 0 Å². The van der Waals surface area contributed by atoms with E-state index >= 15 is 0 Å². The van der Waals surface area contributed by atoms with Crippen LogP contribution in [-0.4, -0.2) is 20.3 Å². The number of rotatable bonds is 4. The van der Waals surface area contributed by atoms with Crippen molar-refractivity contribution in [3.05, 3.63) is 24.0 Å². The summed E-state index contributed by atoms with van der Waals surface area (Å²) in [5.41, 5.74) is 0.649. The highest BCUT2D eigenvalue weighted by Gasteiger charge is 2.02. The van der Waals surface area contributed by atoms with Gasteiger partial charge >= 0.3 is 0 Å². The molecule has 0 aliphatic rings. The first-order chi connectivity index (χ1) is 6.27. The zero-order chi connectivity index (χ0) is 9.68. The van der Waals surface area contributed by atoms with E-state index in [0.717, 1.165) is 0 Å². The Balaban J connectivity index is 2.74. The Hall–Kier alpha value is -1.32. The van der Waals surface area contributed by atoms with Crippen LogP contribution in [0.1, 0.15) is 0 Å². The number of hydrogen-bond acceptors (Lipinski definition) is 2. The summed E-state index contributed by atoms with van der Waals surface area (Å²) in [5.74, 6) is -0.267. The topological polar surface area (TPSA) is 21.3 Å². The molecule has 1 rings (SSSR count). The fraction of sp³-hybridized carbons (Fsp3) is 0.333. The molecule has 0 bridgehead atoms. The van der Waals surface area contributed by atoms with Crippen molar-refractivity contribution in [1.29, 1.82) is 0 Å². The normalized spacial score (nSPS) is 9.77. The lowest BCUT2D eigenvalue weighted by Gasteiger charge is -2.06. The van der Waals surface area contributed by atoms with Gasteiger partial charge in [0.15, 0.2) is 11.6 Å². The second-order valence-corrected chi connectivity index (χ2v) is 2.47. The van der Waals surface area contributed by atoms with Crippen molar-refractivity contribution in [1.82, 2.24) is 0 Å². The number of alkyl halides is 1. The van der Waals surface area contributed by atoms with Crippen molar-refractivity contribution >= 4 is 5.69 Å². The van der Waals surface area contributed by atoms with Crippen molar-refractivity contribution in [3.63, 3.8) is 0 Å². The van der Waals surface area contributed by atoms with Gasteiger partial charge in [0.25, 0.3) is 0 Å². The minimum atomic E-state index is -0.459. The predicted octanol–water partition coefficient (Wildman–Crippen LogP) is 2.22. The van der Waals surface area contributed by atoms with E-state index in [1.807, 2.05) is 0 Å². The smallest absolute Gasteiger partial charge is 0.165 e. The molecule has 0 aliphatic carbocycles. The molecule has 72 valence electrons. The van der Waals surface area contributed by atoms with Gasteiger partial charge in [-0.3, -0.25) is 0 Å². The van der Waals surface area contributed by atoms with Crippen LogP contribution in [0.25, 0.3) is 0 Å².